The maximum absolute atomic E-state index is 14.9. The fraction of sp³-hybridized carbons (Fsp3) is 0.375. The van der Waals surface area contributed by atoms with Crippen LogP contribution in [0, 0.1) is 28.4 Å². The minimum Gasteiger partial charge on any atom is -0.492 e. The van der Waals surface area contributed by atoms with Gasteiger partial charge in [0.25, 0.3) is 17.7 Å². The smallest absolute Gasteiger partial charge is 0.260 e. The minimum absolute atomic E-state index is 0.117. The number of fused-ring (bicyclic) bond motifs is 2. The van der Waals surface area contributed by atoms with E-state index in [1.165, 1.54) is 11.1 Å². The number of rotatable bonds is 12. The lowest BCUT2D eigenvalue weighted by molar-refractivity contribution is -0.162. The summed E-state index contributed by atoms with van der Waals surface area (Å²) in [5.74, 6) is -1.78. The van der Waals surface area contributed by atoms with Gasteiger partial charge < -0.3 is 29.5 Å². The van der Waals surface area contributed by atoms with Crippen molar-refractivity contribution in [2.45, 2.75) is 50.7 Å². The number of hydrogen-bond acceptors (Lipinski definition) is 12. The van der Waals surface area contributed by atoms with Gasteiger partial charge in [-0.15, -0.1) is 0 Å². The molecule has 2 aromatic carbocycles. The van der Waals surface area contributed by atoms with Crippen molar-refractivity contribution in [3.63, 3.8) is 0 Å². The van der Waals surface area contributed by atoms with Gasteiger partial charge in [0.15, 0.2) is 6.61 Å². The van der Waals surface area contributed by atoms with Crippen LogP contribution in [-0.2, 0) is 20.9 Å². The topological polar surface area (TPSA) is 195 Å². The Balaban J connectivity index is 0.762. The molecule has 1 unspecified atom stereocenters. The first-order valence-corrected chi connectivity index (χ1v) is 22.3. The van der Waals surface area contributed by atoms with Crippen molar-refractivity contribution in [1.82, 2.24) is 39.9 Å². The number of nitrogens with zero attached hydrogens (tertiary/aromatic N) is 8. The molecule has 1 atom stereocenters. The van der Waals surface area contributed by atoms with Crippen LogP contribution in [0.15, 0.2) is 73.2 Å². The van der Waals surface area contributed by atoms with Gasteiger partial charge in [0.1, 0.15) is 41.1 Å². The van der Waals surface area contributed by atoms with Gasteiger partial charge in [0.2, 0.25) is 11.8 Å². The maximum atomic E-state index is 14.9. The Labute approximate surface area is 383 Å². The third-order valence-corrected chi connectivity index (χ3v) is 13.6. The van der Waals surface area contributed by atoms with Crippen LogP contribution in [0.2, 0.25) is 0 Å². The summed E-state index contributed by atoms with van der Waals surface area (Å²) in [4.78, 5) is 76.4. The molecule has 0 bridgehead atoms. The highest BCUT2D eigenvalue weighted by atomic mass is 19.1. The second-order valence-electron chi connectivity index (χ2n) is 18.1. The summed E-state index contributed by atoms with van der Waals surface area (Å²) in [5, 5.41) is 19.5. The molecule has 344 valence electrons. The molecule has 4 saturated heterocycles. The number of benzene rings is 2. The zero-order chi connectivity index (χ0) is 46.6. The van der Waals surface area contributed by atoms with E-state index in [1.807, 2.05) is 25.1 Å². The predicted octanol–water partition coefficient (Wildman–Crippen LogP) is 3.70. The van der Waals surface area contributed by atoms with E-state index in [4.69, 9.17) is 14.5 Å². The molecule has 3 aromatic heterocycles. The molecule has 17 nitrogen and oxygen atoms in total. The third-order valence-electron chi connectivity index (χ3n) is 13.6. The van der Waals surface area contributed by atoms with Gasteiger partial charge in [-0.05, 0) is 86.3 Å². The average molecular weight is 913 g/mol. The molecule has 67 heavy (non-hydrogen) atoms. The van der Waals surface area contributed by atoms with Crippen LogP contribution < -0.4 is 25.0 Å². The van der Waals surface area contributed by atoms with Crippen LogP contribution in [0.4, 0.5) is 14.6 Å². The Kier molecular flexibility index (Phi) is 11.1. The molecule has 0 radical (unpaired) electrons. The number of hydrogen-bond donors (Lipinski definition) is 2. The number of anilines is 1. The van der Waals surface area contributed by atoms with Crippen LogP contribution in [-0.4, -0.2) is 129 Å². The van der Waals surface area contributed by atoms with Crippen LogP contribution in [0.25, 0.3) is 16.6 Å². The summed E-state index contributed by atoms with van der Waals surface area (Å²) in [7, 11) is 0. The molecule has 5 aliphatic heterocycles. The number of likely N-dealkylation sites (tertiary alicyclic amines) is 2. The summed E-state index contributed by atoms with van der Waals surface area (Å²) < 4.78 is 42.4. The molecule has 0 saturated carbocycles. The first-order chi connectivity index (χ1) is 32.3. The summed E-state index contributed by atoms with van der Waals surface area (Å²) in [6.45, 7) is 6.29. The highest BCUT2D eigenvalue weighted by Crippen LogP contribution is 2.42. The number of piperidine rings is 2. The van der Waals surface area contributed by atoms with Crippen molar-refractivity contribution >= 4 is 40.9 Å². The molecule has 19 heteroatoms. The van der Waals surface area contributed by atoms with Crippen LogP contribution in [0.3, 0.4) is 0 Å². The van der Waals surface area contributed by atoms with Crippen LogP contribution >= 0.6 is 0 Å². The Morgan fingerprint density at radius 2 is 1.76 bits per heavy atom. The summed E-state index contributed by atoms with van der Waals surface area (Å²) >= 11 is 0. The summed E-state index contributed by atoms with van der Waals surface area (Å²) in [5.41, 5.74) is 2.47. The van der Waals surface area contributed by atoms with E-state index in [9.17, 15) is 38.0 Å². The predicted molar refractivity (Wildman–Crippen MR) is 236 cm³/mol. The van der Waals surface area contributed by atoms with E-state index in [2.05, 4.69) is 31.6 Å². The summed E-state index contributed by atoms with van der Waals surface area (Å²) in [6.07, 6.45) is 6.41. The lowest BCUT2D eigenvalue weighted by Crippen LogP contribution is -2.75. The Morgan fingerprint density at radius 3 is 2.49 bits per heavy atom. The van der Waals surface area contributed by atoms with E-state index < -0.39 is 35.0 Å². The second-order valence-corrected chi connectivity index (χ2v) is 18.1. The summed E-state index contributed by atoms with van der Waals surface area (Å²) in [6, 6.07) is 15.0. The number of aromatic nitrogens is 3. The molecular weight excluding hydrogens is 867 g/mol. The van der Waals surface area contributed by atoms with Crippen molar-refractivity contribution in [3.8, 4) is 28.7 Å². The van der Waals surface area contributed by atoms with Crippen molar-refractivity contribution in [2.24, 2.45) is 5.41 Å². The maximum Gasteiger partial charge on any atom is 0.260 e. The molecule has 1 spiro atoms. The molecule has 10 rings (SSSR count). The van der Waals surface area contributed by atoms with Crippen LogP contribution in [0.5, 0.6) is 11.5 Å². The van der Waals surface area contributed by atoms with Crippen molar-refractivity contribution in [2.75, 3.05) is 63.9 Å². The largest absolute Gasteiger partial charge is 0.492 e. The molecular formula is C48H46F2N10O7. The van der Waals surface area contributed by atoms with Crippen molar-refractivity contribution < 1.29 is 42.2 Å². The highest BCUT2D eigenvalue weighted by molar-refractivity contribution is 6.05. The zero-order valence-electron chi connectivity index (χ0n) is 36.6. The van der Waals surface area contributed by atoms with Gasteiger partial charge in [0.05, 0.1) is 41.2 Å². The monoisotopic (exact) mass is 912 g/mol. The molecule has 2 N–H and O–H groups in total. The Hall–Kier alpha value is -7.46. The first-order valence-electron chi connectivity index (χ1n) is 22.3. The zero-order valence-corrected chi connectivity index (χ0v) is 36.6. The quantitative estimate of drug-likeness (QED) is 0.173. The lowest BCUT2D eigenvalue weighted by atomic mass is 9.71. The third kappa shape index (κ3) is 8.26. The standard InChI is InChI=1S/C48H46F2N10O7/c1-2-66-34-17-36(43-31(18-51)20-53-60(43)22-34)29-3-9-40(52-19-29)57-13-11-48(12-14-57,55-44(63)37-16-32(49)4-7-38(37)50)28-56-24-47(25-56)26-58(27-47)42(62)23-67-33-5-6-35-30(15-33)21-59(46(35)65)39-8-10-41(61)54-45(39)64/h3-7,9,15-17,19-20,22,39H,2,8,10-14,21,23-28H2,1H3,(H,55,63)(H,54,61,64). The molecule has 5 amide bonds. The van der Waals surface area contributed by atoms with Crippen molar-refractivity contribution in [3.05, 3.63) is 107 Å². The molecule has 8 heterocycles. The number of carbonyl (C=O) groups excluding carboxylic acids is 5. The number of amides is 5. The fourth-order valence-electron chi connectivity index (χ4n) is 10.3. The van der Waals surface area contributed by atoms with Gasteiger partial charge in [-0.2, -0.15) is 10.4 Å². The number of halogens is 2. The SMILES string of the molecule is CCOc1cc(-c2ccc(N3CCC(CN4CC5(C4)CN(C(=O)COc4ccc6c(c4)CN(C4CCC(=O)NC4=O)C6=O)C5)(NC(=O)c4cc(F)ccc4F)CC3)nc2)c2c(C#N)cnn2c1. The van der Waals surface area contributed by atoms with E-state index in [1.54, 1.807) is 40.0 Å². The molecule has 0 aliphatic carbocycles. The Morgan fingerprint density at radius 1 is 0.955 bits per heavy atom. The number of ether oxygens (including phenoxy) is 2. The lowest BCUT2D eigenvalue weighted by Gasteiger charge is -2.61. The highest BCUT2D eigenvalue weighted by Gasteiger charge is 2.54. The molecule has 5 aliphatic rings. The van der Waals surface area contributed by atoms with Gasteiger partial charge in [-0.1, -0.05) is 0 Å². The first kappa shape index (κ1) is 43.4. The van der Waals surface area contributed by atoms with Gasteiger partial charge in [0, 0.05) is 87.1 Å². The van der Waals surface area contributed by atoms with E-state index in [0.717, 1.165) is 35.1 Å². The van der Waals surface area contributed by atoms with Gasteiger partial charge in [-0.25, -0.2) is 18.3 Å². The van der Waals surface area contributed by atoms with Crippen molar-refractivity contribution in [1.29, 1.82) is 5.26 Å². The van der Waals surface area contributed by atoms with Gasteiger partial charge >= 0.3 is 0 Å². The van der Waals surface area contributed by atoms with Gasteiger partial charge in [-0.3, -0.25) is 34.2 Å². The van der Waals surface area contributed by atoms with E-state index in [0.29, 0.717) is 99.0 Å². The Bertz CT molecular complexity index is 2880. The van der Waals surface area contributed by atoms with E-state index in [-0.39, 0.29) is 54.7 Å². The number of carbonyl (C=O) groups is 5. The number of pyridine rings is 2. The van der Waals surface area contributed by atoms with E-state index >= 15 is 0 Å². The molecule has 4 fully saturated rings. The number of imide groups is 1. The number of nitrogens with one attached hydrogen (secondary N) is 2. The van der Waals surface area contributed by atoms with Crippen LogP contribution in [0.1, 0.15) is 64.4 Å². The fourth-order valence-corrected chi connectivity index (χ4v) is 10.3. The minimum atomic E-state index is -0.813. The average Bonchev–Trinajstić information content (AvgIpc) is 3.86. The number of nitriles is 1. The second kappa shape index (κ2) is 17.1. The molecule has 5 aromatic rings. The normalized spacial score (nSPS) is 19.6.